The molecule has 0 fully saturated rings. The minimum atomic E-state index is -0.172. The zero-order chi connectivity index (χ0) is 19.8. The van der Waals surface area contributed by atoms with Crippen LogP contribution in [0.2, 0.25) is 0 Å². The zero-order valence-electron chi connectivity index (χ0n) is 15.8. The summed E-state index contributed by atoms with van der Waals surface area (Å²) in [5, 5.41) is 7.89. The van der Waals surface area contributed by atoms with E-state index < -0.39 is 0 Å². The number of fused-ring (bicyclic) bond motifs is 2. The fourth-order valence-corrected chi connectivity index (χ4v) is 4.34. The molecule has 3 aromatic carbocycles. The summed E-state index contributed by atoms with van der Waals surface area (Å²) in [5.41, 5.74) is 3.63. The average Bonchev–Trinajstić information content (AvgIpc) is 3.17. The highest BCUT2D eigenvalue weighted by Crippen LogP contribution is 2.26. The van der Waals surface area contributed by atoms with Crippen LogP contribution in [0.15, 0.2) is 82.9 Å². The van der Waals surface area contributed by atoms with E-state index in [1.165, 1.54) is 28.1 Å². The van der Waals surface area contributed by atoms with Crippen LogP contribution in [-0.4, -0.2) is 19.7 Å². The third-order valence-corrected chi connectivity index (χ3v) is 5.83. The fourth-order valence-electron chi connectivity index (χ4n) is 3.48. The molecule has 0 saturated carbocycles. The van der Waals surface area contributed by atoms with Crippen molar-refractivity contribution >= 4 is 33.6 Å². The van der Waals surface area contributed by atoms with Gasteiger partial charge < -0.3 is 4.98 Å². The highest BCUT2D eigenvalue weighted by atomic mass is 32.2. The van der Waals surface area contributed by atoms with E-state index in [1.54, 1.807) is 10.9 Å². The number of H-pyrrole nitrogens is 1. The Morgan fingerprint density at radius 2 is 1.83 bits per heavy atom. The van der Waals surface area contributed by atoms with Crippen LogP contribution in [0.1, 0.15) is 11.1 Å². The molecule has 0 aliphatic rings. The lowest BCUT2D eigenvalue weighted by molar-refractivity contribution is 0.872. The van der Waals surface area contributed by atoms with Crippen molar-refractivity contribution in [2.75, 3.05) is 0 Å². The van der Waals surface area contributed by atoms with Crippen molar-refractivity contribution in [2.45, 2.75) is 17.8 Å². The van der Waals surface area contributed by atoms with E-state index in [0.717, 1.165) is 11.3 Å². The first-order valence-electron chi connectivity index (χ1n) is 9.33. The van der Waals surface area contributed by atoms with Gasteiger partial charge in [-0.3, -0.25) is 4.79 Å². The molecule has 2 heterocycles. The van der Waals surface area contributed by atoms with Gasteiger partial charge in [-0.25, -0.2) is 9.67 Å². The van der Waals surface area contributed by atoms with Crippen LogP contribution in [-0.2, 0) is 5.75 Å². The topological polar surface area (TPSA) is 63.6 Å². The van der Waals surface area contributed by atoms with Crippen molar-refractivity contribution < 1.29 is 0 Å². The second kappa shape index (κ2) is 7.22. The van der Waals surface area contributed by atoms with Gasteiger partial charge in [0.2, 0.25) is 0 Å². The lowest BCUT2D eigenvalue weighted by Gasteiger charge is -2.07. The first-order chi connectivity index (χ1) is 14.2. The summed E-state index contributed by atoms with van der Waals surface area (Å²) in [6, 6.07) is 22.6. The van der Waals surface area contributed by atoms with Gasteiger partial charge in [-0.1, -0.05) is 66.4 Å². The van der Waals surface area contributed by atoms with Crippen LogP contribution in [0.4, 0.5) is 0 Å². The second-order valence-electron chi connectivity index (χ2n) is 6.93. The summed E-state index contributed by atoms with van der Waals surface area (Å²) < 4.78 is 1.72. The smallest absolute Gasteiger partial charge is 0.262 e. The Balaban J connectivity index is 1.52. The zero-order valence-corrected chi connectivity index (χ0v) is 16.6. The Bertz CT molecular complexity index is 1400. The first-order valence-corrected chi connectivity index (χ1v) is 10.3. The molecule has 0 unspecified atom stereocenters. The van der Waals surface area contributed by atoms with Crippen molar-refractivity contribution in [1.82, 2.24) is 19.7 Å². The molecule has 0 saturated heterocycles. The summed E-state index contributed by atoms with van der Waals surface area (Å²) in [4.78, 5) is 20.2. The fraction of sp³-hybridized carbons (Fsp3) is 0.0870. The van der Waals surface area contributed by atoms with E-state index in [4.69, 9.17) is 4.98 Å². The number of hydrogen-bond acceptors (Lipinski definition) is 4. The van der Waals surface area contributed by atoms with Crippen LogP contribution in [0.3, 0.4) is 0 Å². The number of hydrogen-bond donors (Lipinski definition) is 1. The van der Waals surface area contributed by atoms with Crippen molar-refractivity contribution in [3.63, 3.8) is 0 Å². The van der Waals surface area contributed by atoms with Crippen molar-refractivity contribution in [3.8, 4) is 5.69 Å². The van der Waals surface area contributed by atoms with Gasteiger partial charge >= 0.3 is 0 Å². The van der Waals surface area contributed by atoms with Gasteiger partial charge in [0.15, 0.2) is 10.8 Å². The van der Waals surface area contributed by atoms with E-state index in [0.29, 0.717) is 21.9 Å². The van der Waals surface area contributed by atoms with Gasteiger partial charge in [0, 0.05) is 5.75 Å². The monoisotopic (exact) mass is 398 g/mol. The molecule has 5 nitrogen and oxygen atoms in total. The highest BCUT2D eigenvalue weighted by Gasteiger charge is 2.12. The number of nitrogens with one attached hydrogen (secondary N) is 1. The molecule has 0 bridgehead atoms. The van der Waals surface area contributed by atoms with Gasteiger partial charge in [-0.2, -0.15) is 5.10 Å². The Morgan fingerprint density at radius 3 is 2.72 bits per heavy atom. The Labute approximate surface area is 171 Å². The third kappa shape index (κ3) is 3.32. The molecule has 0 atom stereocenters. The minimum Gasteiger partial charge on any atom is -0.301 e. The molecular formula is C23H18N4OS. The van der Waals surface area contributed by atoms with Gasteiger partial charge in [0.05, 0.1) is 11.9 Å². The number of rotatable bonds is 4. The molecule has 0 aliphatic heterocycles. The lowest BCUT2D eigenvalue weighted by atomic mass is 10.1. The van der Waals surface area contributed by atoms with E-state index in [9.17, 15) is 4.79 Å². The number of aromatic nitrogens is 4. The van der Waals surface area contributed by atoms with E-state index in [2.05, 4.69) is 40.4 Å². The molecule has 29 heavy (non-hydrogen) atoms. The molecule has 5 rings (SSSR count). The predicted octanol–water partition coefficient (Wildman–Crippen LogP) is 4.86. The van der Waals surface area contributed by atoms with Crippen LogP contribution in [0, 0.1) is 6.92 Å². The maximum absolute atomic E-state index is 12.6. The number of aryl methyl sites for hydroxylation is 1. The van der Waals surface area contributed by atoms with Crippen LogP contribution in [0.5, 0.6) is 0 Å². The van der Waals surface area contributed by atoms with Crippen molar-refractivity contribution in [3.05, 3.63) is 94.4 Å². The molecule has 0 radical (unpaired) electrons. The standard InChI is InChI=1S/C23H18N4OS/c1-15-6-4-10-18(12-15)27-21-20(13-24-27)22(28)26-23(25-21)29-14-17-9-5-8-16-7-2-3-11-19(16)17/h2-13H,14H2,1H3,(H,25,26,28). The van der Waals surface area contributed by atoms with Crippen LogP contribution >= 0.6 is 11.8 Å². The van der Waals surface area contributed by atoms with E-state index in [-0.39, 0.29) is 5.56 Å². The molecule has 6 heteroatoms. The van der Waals surface area contributed by atoms with Gasteiger partial charge in [0.1, 0.15) is 5.39 Å². The SMILES string of the molecule is Cc1cccc(-n2ncc3c(=O)[nH]c(SCc4cccc5ccccc45)nc32)c1. The summed E-state index contributed by atoms with van der Waals surface area (Å²) in [7, 11) is 0. The molecule has 5 aromatic rings. The Kier molecular flexibility index (Phi) is 4.41. The maximum Gasteiger partial charge on any atom is 0.262 e. The van der Waals surface area contributed by atoms with Crippen molar-refractivity contribution in [1.29, 1.82) is 0 Å². The number of nitrogens with zero attached hydrogens (tertiary/aromatic N) is 3. The molecule has 0 spiro atoms. The number of benzene rings is 3. The molecule has 1 N–H and O–H groups in total. The largest absolute Gasteiger partial charge is 0.301 e. The average molecular weight is 398 g/mol. The molecule has 142 valence electrons. The van der Waals surface area contributed by atoms with Crippen LogP contribution in [0.25, 0.3) is 27.5 Å². The maximum atomic E-state index is 12.6. The van der Waals surface area contributed by atoms with E-state index in [1.807, 2.05) is 43.3 Å². The summed E-state index contributed by atoms with van der Waals surface area (Å²) in [6.07, 6.45) is 1.57. The second-order valence-corrected chi connectivity index (χ2v) is 7.89. The third-order valence-electron chi connectivity index (χ3n) is 4.91. The number of aromatic amines is 1. The molecular weight excluding hydrogens is 380 g/mol. The van der Waals surface area contributed by atoms with Gasteiger partial charge in [0.25, 0.3) is 5.56 Å². The molecule has 0 aliphatic carbocycles. The Hall–Kier alpha value is -3.38. The molecule has 2 aromatic heterocycles. The predicted molar refractivity (Wildman–Crippen MR) is 118 cm³/mol. The number of thioether (sulfide) groups is 1. The Morgan fingerprint density at radius 1 is 1.00 bits per heavy atom. The van der Waals surface area contributed by atoms with Gasteiger partial charge in [-0.15, -0.1) is 0 Å². The summed E-state index contributed by atoms with van der Waals surface area (Å²) in [6.45, 7) is 2.03. The normalized spacial score (nSPS) is 11.3. The van der Waals surface area contributed by atoms with E-state index >= 15 is 0 Å². The minimum absolute atomic E-state index is 0.172. The lowest BCUT2D eigenvalue weighted by Crippen LogP contribution is -2.09. The highest BCUT2D eigenvalue weighted by molar-refractivity contribution is 7.98. The van der Waals surface area contributed by atoms with Crippen LogP contribution < -0.4 is 5.56 Å². The first kappa shape index (κ1) is 17.7. The molecule has 0 amide bonds. The summed E-state index contributed by atoms with van der Waals surface area (Å²) >= 11 is 1.52. The summed E-state index contributed by atoms with van der Waals surface area (Å²) in [5.74, 6) is 0.717. The van der Waals surface area contributed by atoms with Gasteiger partial charge in [-0.05, 0) is 41.0 Å². The van der Waals surface area contributed by atoms with Crippen molar-refractivity contribution in [2.24, 2.45) is 0 Å². The quantitative estimate of drug-likeness (QED) is 0.347.